The summed E-state index contributed by atoms with van der Waals surface area (Å²) < 4.78 is 11.3. The third-order valence-electron chi connectivity index (χ3n) is 3.78. The van der Waals surface area contributed by atoms with E-state index in [-0.39, 0.29) is 6.61 Å². The van der Waals surface area contributed by atoms with Crippen molar-refractivity contribution in [1.82, 2.24) is 10.2 Å². The van der Waals surface area contributed by atoms with Crippen molar-refractivity contribution in [3.63, 3.8) is 0 Å². The fourth-order valence-corrected chi connectivity index (χ4v) is 3.36. The first-order valence-corrected chi connectivity index (χ1v) is 8.97. The third kappa shape index (κ3) is 3.83. The lowest BCUT2D eigenvalue weighted by molar-refractivity contribution is 0.252. The molecule has 1 aromatic heterocycles. The largest absolute Gasteiger partial charge is 0.484 e. The van der Waals surface area contributed by atoms with E-state index < -0.39 is 0 Å². The molecule has 0 spiro atoms. The van der Waals surface area contributed by atoms with Crippen molar-refractivity contribution >= 4 is 22.5 Å². The molecule has 5 heteroatoms. The second kappa shape index (κ2) is 7.40. The van der Waals surface area contributed by atoms with Crippen molar-refractivity contribution in [3.8, 4) is 5.75 Å². The molecule has 0 unspecified atom stereocenters. The summed E-state index contributed by atoms with van der Waals surface area (Å²) in [6.07, 6.45) is 0. The van der Waals surface area contributed by atoms with Crippen molar-refractivity contribution in [2.45, 2.75) is 17.6 Å². The standard InChI is InChI=1S/C20H16N2O2S/c1-2-10-17(11-3-1)23-13-19-21-22-20(24-19)25-14-16-9-6-8-15-7-4-5-12-18(15)16/h1-12H,13-14H2. The Morgan fingerprint density at radius 3 is 2.56 bits per heavy atom. The van der Waals surface area contributed by atoms with Crippen LogP contribution in [-0.4, -0.2) is 10.2 Å². The van der Waals surface area contributed by atoms with Gasteiger partial charge in [0.15, 0.2) is 6.61 Å². The Balaban J connectivity index is 1.39. The van der Waals surface area contributed by atoms with Crippen molar-refractivity contribution in [2.24, 2.45) is 0 Å². The van der Waals surface area contributed by atoms with Crippen LogP contribution >= 0.6 is 11.8 Å². The number of benzene rings is 3. The molecule has 124 valence electrons. The number of para-hydroxylation sites is 1. The second-order valence-electron chi connectivity index (χ2n) is 5.49. The fraction of sp³-hybridized carbons (Fsp3) is 0.100. The number of thioether (sulfide) groups is 1. The summed E-state index contributed by atoms with van der Waals surface area (Å²) in [5, 5.41) is 11.2. The van der Waals surface area contributed by atoms with Gasteiger partial charge in [-0.3, -0.25) is 0 Å². The van der Waals surface area contributed by atoms with Crippen LogP contribution in [0, 0.1) is 0 Å². The van der Waals surface area contributed by atoms with E-state index in [1.165, 1.54) is 28.1 Å². The number of hydrogen-bond donors (Lipinski definition) is 0. The SMILES string of the molecule is c1ccc(OCc2nnc(SCc3cccc4ccccc34)o2)cc1. The quantitative estimate of drug-likeness (QED) is 0.454. The third-order valence-corrected chi connectivity index (χ3v) is 4.65. The summed E-state index contributed by atoms with van der Waals surface area (Å²) in [5.41, 5.74) is 1.25. The van der Waals surface area contributed by atoms with Crippen LogP contribution in [0.2, 0.25) is 0 Å². The van der Waals surface area contributed by atoms with E-state index in [0.717, 1.165) is 11.5 Å². The molecule has 0 saturated heterocycles. The fourth-order valence-electron chi connectivity index (χ4n) is 2.57. The highest BCUT2D eigenvalue weighted by Gasteiger charge is 2.09. The first-order chi connectivity index (χ1) is 12.4. The van der Waals surface area contributed by atoms with Crippen LogP contribution in [0.25, 0.3) is 10.8 Å². The van der Waals surface area contributed by atoms with E-state index in [1.807, 2.05) is 30.3 Å². The number of hydrogen-bond acceptors (Lipinski definition) is 5. The van der Waals surface area contributed by atoms with Gasteiger partial charge in [0, 0.05) is 5.75 Å². The zero-order chi connectivity index (χ0) is 16.9. The van der Waals surface area contributed by atoms with Gasteiger partial charge in [-0.15, -0.1) is 10.2 Å². The minimum absolute atomic E-state index is 0.270. The van der Waals surface area contributed by atoms with Crippen LogP contribution in [0.3, 0.4) is 0 Å². The van der Waals surface area contributed by atoms with Gasteiger partial charge in [0.05, 0.1) is 0 Å². The molecule has 0 aliphatic carbocycles. The van der Waals surface area contributed by atoms with Crippen molar-refractivity contribution in [2.75, 3.05) is 0 Å². The van der Waals surface area contributed by atoms with Gasteiger partial charge in [-0.1, -0.05) is 72.4 Å². The van der Waals surface area contributed by atoms with E-state index in [2.05, 4.69) is 52.7 Å². The number of nitrogens with zero attached hydrogens (tertiary/aromatic N) is 2. The molecular weight excluding hydrogens is 332 g/mol. The van der Waals surface area contributed by atoms with Crippen LogP contribution in [-0.2, 0) is 12.4 Å². The highest BCUT2D eigenvalue weighted by molar-refractivity contribution is 7.98. The topological polar surface area (TPSA) is 48.2 Å². The van der Waals surface area contributed by atoms with Gasteiger partial charge in [0.2, 0.25) is 0 Å². The molecule has 0 fully saturated rings. The van der Waals surface area contributed by atoms with Crippen molar-refractivity contribution in [1.29, 1.82) is 0 Å². The van der Waals surface area contributed by atoms with Crippen LogP contribution in [0.4, 0.5) is 0 Å². The Morgan fingerprint density at radius 1 is 0.840 bits per heavy atom. The van der Waals surface area contributed by atoms with Crippen LogP contribution in [0.15, 0.2) is 82.4 Å². The lowest BCUT2D eigenvalue weighted by Crippen LogP contribution is -1.95. The van der Waals surface area contributed by atoms with E-state index in [1.54, 1.807) is 0 Å². The molecule has 0 aliphatic heterocycles. The van der Waals surface area contributed by atoms with Gasteiger partial charge >= 0.3 is 0 Å². The minimum Gasteiger partial charge on any atom is -0.484 e. The maximum absolute atomic E-state index is 5.65. The highest BCUT2D eigenvalue weighted by Crippen LogP contribution is 2.26. The first kappa shape index (κ1) is 15.7. The number of ether oxygens (including phenoxy) is 1. The van der Waals surface area contributed by atoms with Gasteiger partial charge in [0.1, 0.15) is 5.75 Å². The first-order valence-electron chi connectivity index (χ1n) is 7.98. The summed E-state index contributed by atoms with van der Waals surface area (Å²) in [7, 11) is 0. The summed E-state index contributed by atoms with van der Waals surface area (Å²) in [5.74, 6) is 2.04. The molecule has 1 heterocycles. The lowest BCUT2D eigenvalue weighted by Gasteiger charge is -2.04. The Morgan fingerprint density at radius 2 is 1.64 bits per heavy atom. The summed E-state index contributed by atoms with van der Waals surface area (Å²) in [6, 6.07) is 24.3. The highest BCUT2D eigenvalue weighted by atomic mass is 32.2. The van der Waals surface area contributed by atoms with Crippen LogP contribution < -0.4 is 4.74 Å². The van der Waals surface area contributed by atoms with Crippen LogP contribution in [0.5, 0.6) is 5.75 Å². The predicted octanol–water partition coefficient (Wildman–Crippen LogP) is 5.09. The van der Waals surface area contributed by atoms with Gasteiger partial charge in [-0.05, 0) is 28.5 Å². The summed E-state index contributed by atoms with van der Waals surface area (Å²) in [4.78, 5) is 0. The molecule has 4 nitrogen and oxygen atoms in total. The number of aromatic nitrogens is 2. The predicted molar refractivity (Wildman–Crippen MR) is 98.6 cm³/mol. The Hall–Kier alpha value is -2.79. The van der Waals surface area contributed by atoms with E-state index in [9.17, 15) is 0 Å². The van der Waals surface area contributed by atoms with Crippen molar-refractivity contribution in [3.05, 3.63) is 84.3 Å². The second-order valence-corrected chi connectivity index (χ2v) is 6.42. The molecule has 0 bridgehead atoms. The summed E-state index contributed by atoms with van der Waals surface area (Å²) >= 11 is 1.54. The average Bonchev–Trinajstić information content (AvgIpc) is 3.13. The molecule has 0 amide bonds. The van der Waals surface area contributed by atoms with Gasteiger partial charge in [-0.2, -0.15) is 0 Å². The molecule has 0 atom stereocenters. The molecule has 4 rings (SSSR count). The van der Waals surface area contributed by atoms with E-state index >= 15 is 0 Å². The van der Waals surface area contributed by atoms with Gasteiger partial charge in [0.25, 0.3) is 11.1 Å². The minimum atomic E-state index is 0.270. The molecule has 0 saturated carbocycles. The molecule has 0 N–H and O–H groups in total. The summed E-state index contributed by atoms with van der Waals surface area (Å²) in [6.45, 7) is 0.270. The molecule has 0 radical (unpaired) electrons. The average molecular weight is 348 g/mol. The Labute approximate surface area is 149 Å². The molecule has 4 aromatic rings. The molecule has 25 heavy (non-hydrogen) atoms. The smallest absolute Gasteiger partial charge is 0.277 e. The zero-order valence-electron chi connectivity index (χ0n) is 13.5. The maximum atomic E-state index is 5.65. The number of rotatable bonds is 6. The monoisotopic (exact) mass is 348 g/mol. The zero-order valence-corrected chi connectivity index (χ0v) is 14.3. The van der Waals surface area contributed by atoms with E-state index in [4.69, 9.17) is 9.15 Å². The molecule has 3 aromatic carbocycles. The van der Waals surface area contributed by atoms with E-state index in [0.29, 0.717) is 11.1 Å². The Kier molecular flexibility index (Phi) is 4.65. The Bertz CT molecular complexity index is 964. The lowest BCUT2D eigenvalue weighted by atomic mass is 10.1. The van der Waals surface area contributed by atoms with Crippen LogP contribution in [0.1, 0.15) is 11.5 Å². The van der Waals surface area contributed by atoms with Crippen molar-refractivity contribution < 1.29 is 9.15 Å². The molecular formula is C20H16N2O2S. The van der Waals surface area contributed by atoms with Gasteiger partial charge < -0.3 is 9.15 Å². The van der Waals surface area contributed by atoms with Gasteiger partial charge in [-0.25, -0.2) is 0 Å². The normalized spacial score (nSPS) is 10.9. The maximum Gasteiger partial charge on any atom is 0.277 e. The molecule has 0 aliphatic rings. The number of fused-ring (bicyclic) bond motifs is 1.